The van der Waals surface area contributed by atoms with Crippen LogP contribution in [0.15, 0.2) is 47.3 Å². The van der Waals surface area contributed by atoms with Gasteiger partial charge in [-0.25, -0.2) is 4.98 Å². The van der Waals surface area contributed by atoms with E-state index in [4.69, 9.17) is 21.3 Å². The third-order valence-corrected chi connectivity index (χ3v) is 4.85. The molecule has 0 radical (unpaired) electrons. The van der Waals surface area contributed by atoms with Crippen molar-refractivity contribution < 1.29 is 4.74 Å². The molecule has 6 heteroatoms. The number of benzene rings is 2. The Balaban J connectivity index is 2.25. The summed E-state index contributed by atoms with van der Waals surface area (Å²) in [5.41, 5.74) is 2.35. The van der Waals surface area contributed by atoms with Crippen LogP contribution in [0.1, 0.15) is 30.8 Å². The van der Waals surface area contributed by atoms with E-state index in [2.05, 4.69) is 12.2 Å². The van der Waals surface area contributed by atoms with Crippen LogP contribution in [0.3, 0.4) is 0 Å². The zero-order valence-corrected chi connectivity index (χ0v) is 16.6. The van der Waals surface area contributed by atoms with Crippen molar-refractivity contribution in [1.29, 1.82) is 0 Å². The molecule has 5 nitrogen and oxygen atoms in total. The quantitative estimate of drug-likeness (QED) is 0.624. The molecule has 0 aliphatic rings. The summed E-state index contributed by atoms with van der Waals surface area (Å²) in [6.45, 7) is 5.29. The average molecular weight is 386 g/mol. The van der Waals surface area contributed by atoms with Crippen molar-refractivity contribution in [3.8, 4) is 5.69 Å². The third-order valence-electron chi connectivity index (χ3n) is 4.62. The highest BCUT2D eigenvalue weighted by Gasteiger charge is 2.20. The minimum Gasteiger partial charge on any atom is -0.383 e. The van der Waals surface area contributed by atoms with Crippen LogP contribution >= 0.6 is 11.6 Å². The molecule has 0 bridgehead atoms. The van der Waals surface area contributed by atoms with Gasteiger partial charge in [-0.15, -0.1) is 0 Å². The number of ether oxygens (including phenoxy) is 1. The summed E-state index contributed by atoms with van der Waals surface area (Å²) in [6, 6.07) is 12.9. The molecule has 1 N–H and O–H groups in total. The topological polar surface area (TPSA) is 56.1 Å². The van der Waals surface area contributed by atoms with Crippen LogP contribution in [0.2, 0.25) is 5.02 Å². The Kier molecular flexibility index (Phi) is 6.26. The number of fused-ring (bicyclic) bond motifs is 1. The second-order valence-electron chi connectivity index (χ2n) is 6.47. The summed E-state index contributed by atoms with van der Waals surface area (Å²) in [6.07, 6.45) is 0.793. The van der Waals surface area contributed by atoms with Gasteiger partial charge in [-0.3, -0.25) is 9.36 Å². The van der Waals surface area contributed by atoms with Gasteiger partial charge in [0.25, 0.3) is 5.56 Å². The minimum absolute atomic E-state index is 0.0759. The maximum absolute atomic E-state index is 13.4. The average Bonchev–Trinajstić information content (AvgIpc) is 2.66. The van der Waals surface area contributed by atoms with Crippen LogP contribution in [0.4, 0.5) is 0 Å². The summed E-state index contributed by atoms with van der Waals surface area (Å²) in [4.78, 5) is 18.2. The Labute approximate surface area is 164 Å². The van der Waals surface area contributed by atoms with E-state index in [0.717, 1.165) is 17.7 Å². The van der Waals surface area contributed by atoms with Gasteiger partial charge in [-0.2, -0.15) is 0 Å². The number of halogens is 1. The lowest BCUT2D eigenvalue weighted by molar-refractivity contribution is 0.194. The van der Waals surface area contributed by atoms with E-state index in [0.29, 0.717) is 34.9 Å². The lowest BCUT2D eigenvalue weighted by atomic mass is 10.1. The van der Waals surface area contributed by atoms with Crippen molar-refractivity contribution in [2.45, 2.75) is 26.3 Å². The highest BCUT2D eigenvalue weighted by Crippen LogP contribution is 2.24. The zero-order chi connectivity index (χ0) is 19.4. The Hall–Kier alpha value is -2.21. The first-order chi connectivity index (χ1) is 13.1. The molecule has 0 amide bonds. The fourth-order valence-electron chi connectivity index (χ4n) is 3.24. The second kappa shape index (κ2) is 8.65. The largest absolute Gasteiger partial charge is 0.383 e. The van der Waals surface area contributed by atoms with Gasteiger partial charge < -0.3 is 10.1 Å². The molecule has 3 rings (SSSR count). The molecule has 1 heterocycles. The molecule has 2 aromatic carbocycles. The van der Waals surface area contributed by atoms with Crippen LogP contribution in [-0.4, -0.2) is 29.8 Å². The predicted molar refractivity (Wildman–Crippen MR) is 110 cm³/mol. The Morgan fingerprint density at radius 1 is 1.26 bits per heavy atom. The number of para-hydroxylation sites is 1. The van der Waals surface area contributed by atoms with Crippen molar-refractivity contribution in [2.24, 2.45) is 0 Å². The summed E-state index contributed by atoms with van der Waals surface area (Å²) < 4.78 is 6.86. The molecule has 0 saturated heterocycles. The monoisotopic (exact) mass is 385 g/mol. The molecule has 3 aromatic rings. The zero-order valence-electron chi connectivity index (χ0n) is 15.8. The van der Waals surface area contributed by atoms with E-state index in [-0.39, 0.29) is 11.6 Å². The van der Waals surface area contributed by atoms with Crippen LogP contribution in [0.25, 0.3) is 16.6 Å². The van der Waals surface area contributed by atoms with Gasteiger partial charge in [0.2, 0.25) is 0 Å². The number of hydrogen-bond donors (Lipinski definition) is 1. The van der Waals surface area contributed by atoms with Crippen LogP contribution < -0.4 is 10.9 Å². The standard InChI is InChI=1S/C21H24ClN3O2/c1-4-17(23-11-12-27-3)20-24-18-8-6-5-7-16(18)21(26)25(20)19-10-9-15(22)13-14(19)2/h5-10,13,17,23H,4,11-12H2,1-3H3/t17-/m0/s1. The number of rotatable bonds is 7. The third kappa shape index (κ3) is 4.05. The number of aryl methyl sites for hydroxylation is 1. The minimum atomic E-state index is -0.0764. The van der Waals surface area contributed by atoms with E-state index in [9.17, 15) is 4.79 Å². The van der Waals surface area contributed by atoms with E-state index >= 15 is 0 Å². The Morgan fingerprint density at radius 3 is 2.74 bits per heavy atom. The first-order valence-corrected chi connectivity index (χ1v) is 9.45. The number of nitrogens with one attached hydrogen (secondary N) is 1. The molecule has 0 unspecified atom stereocenters. The van der Waals surface area contributed by atoms with Gasteiger partial charge in [0, 0.05) is 18.7 Å². The fraction of sp³-hybridized carbons (Fsp3) is 0.333. The van der Waals surface area contributed by atoms with Gasteiger partial charge in [-0.05, 0) is 49.2 Å². The second-order valence-corrected chi connectivity index (χ2v) is 6.90. The first kappa shape index (κ1) is 19.5. The number of methoxy groups -OCH3 is 1. The summed E-state index contributed by atoms with van der Waals surface area (Å²) in [7, 11) is 1.67. The van der Waals surface area contributed by atoms with E-state index in [1.54, 1.807) is 17.7 Å². The molecule has 0 aliphatic heterocycles. The van der Waals surface area contributed by atoms with Crippen molar-refractivity contribution >= 4 is 22.5 Å². The van der Waals surface area contributed by atoms with Gasteiger partial charge >= 0.3 is 0 Å². The Morgan fingerprint density at radius 2 is 2.04 bits per heavy atom. The SMILES string of the molecule is CC[C@H](NCCOC)c1nc2ccccc2c(=O)n1-c1ccc(Cl)cc1C. The smallest absolute Gasteiger partial charge is 0.266 e. The van der Waals surface area contributed by atoms with Crippen LogP contribution in [-0.2, 0) is 4.74 Å². The van der Waals surface area contributed by atoms with E-state index in [1.165, 1.54) is 0 Å². The van der Waals surface area contributed by atoms with E-state index < -0.39 is 0 Å². The molecule has 0 spiro atoms. The number of nitrogens with zero attached hydrogens (tertiary/aromatic N) is 2. The van der Waals surface area contributed by atoms with Gasteiger partial charge in [0.1, 0.15) is 5.82 Å². The van der Waals surface area contributed by atoms with Crippen molar-refractivity contribution in [1.82, 2.24) is 14.9 Å². The van der Waals surface area contributed by atoms with Crippen molar-refractivity contribution in [3.05, 3.63) is 69.2 Å². The maximum atomic E-state index is 13.4. The lowest BCUT2D eigenvalue weighted by Crippen LogP contribution is -2.33. The fourth-order valence-corrected chi connectivity index (χ4v) is 3.47. The van der Waals surface area contributed by atoms with Crippen LogP contribution in [0.5, 0.6) is 0 Å². The maximum Gasteiger partial charge on any atom is 0.266 e. The molecule has 1 atom stereocenters. The summed E-state index contributed by atoms with van der Waals surface area (Å²) in [5.74, 6) is 0.697. The molecule has 0 fully saturated rings. The highest BCUT2D eigenvalue weighted by atomic mass is 35.5. The summed E-state index contributed by atoms with van der Waals surface area (Å²) >= 11 is 6.12. The number of aromatic nitrogens is 2. The van der Waals surface area contributed by atoms with E-state index in [1.807, 2.05) is 43.3 Å². The molecular weight excluding hydrogens is 362 g/mol. The first-order valence-electron chi connectivity index (χ1n) is 9.07. The molecule has 0 saturated carbocycles. The van der Waals surface area contributed by atoms with Gasteiger partial charge in [-0.1, -0.05) is 30.7 Å². The highest BCUT2D eigenvalue weighted by molar-refractivity contribution is 6.30. The molecule has 142 valence electrons. The molecule has 1 aromatic heterocycles. The van der Waals surface area contributed by atoms with Crippen LogP contribution in [0, 0.1) is 6.92 Å². The van der Waals surface area contributed by atoms with Crippen molar-refractivity contribution in [2.75, 3.05) is 20.3 Å². The van der Waals surface area contributed by atoms with Gasteiger partial charge in [0.05, 0.1) is 29.2 Å². The molecule has 0 aliphatic carbocycles. The normalized spacial score (nSPS) is 12.4. The van der Waals surface area contributed by atoms with Crippen molar-refractivity contribution in [3.63, 3.8) is 0 Å². The molecule has 27 heavy (non-hydrogen) atoms. The lowest BCUT2D eigenvalue weighted by Gasteiger charge is -2.22. The molecular formula is C21H24ClN3O2. The summed E-state index contributed by atoms with van der Waals surface area (Å²) in [5, 5.41) is 4.69. The Bertz CT molecular complexity index is 1000. The van der Waals surface area contributed by atoms with Gasteiger partial charge in [0.15, 0.2) is 0 Å². The number of hydrogen-bond acceptors (Lipinski definition) is 4. The predicted octanol–water partition coefficient (Wildman–Crippen LogP) is 4.03.